The number of thioether (sulfide) groups is 1. The normalized spacial score (nSPS) is 16.6. The second-order valence-electron chi connectivity index (χ2n) is 6.08. The summed E-state index contributed by atoms with van der Waals surface area (Å²) in [5.74, 6) is 1.15. The summed E-state index contributed by atoms with van der Waals surface area (Å²) < 4.78 is 1.83. The number of anilines is 1. The van der Waals surface area contributed by atoms with E-state index in [0.717, 1.165) is 23.3 Å². The molecule has 2 aromatic rings. The van der Waals surface area contributed by atoms with Crippen molar-refractivity contribution in [3.63, 3.8) is 0 Å². The SMILES string of the molecule is CCCSc1nc(=O)c2c(n1C)NC(=O)CC2c1ccc(C)cc1. The predicted molar refractivity (Wildman–Crippen MR) is 96.8 cm³/mol. The third-order valence-corrected chi connectivity index (χ3v) is 5.45. The number of benzene rings is 1. The molecule has 126 valence electrons. The highest BCUT2D eigenvalue weighted by Crippen LogP contribution is 2.35. The van der Waals surface area contributed by atoms with Crippen molar-refractivity contribution < 1.29 is 4.79 Å². The number of hydrogen-bond donors (Lipinski definition) is 1. The van der Waals surface area contributed by atoms with Gasteiger partial charge in [-0.15, -0.1) is 0 Å². The Morgan fingerprint density at radius 2 is 2.00 bits per heavy atom. The smallest absolute Gasteiger partial charge is 0.279 e. The average Bonchev–Trinajstić information content (AvgIpc) is 2.56. The van der Waals surface area contributed by atoms with Gasteiger partial charge < -0.3 is 9.88 Å². The molecule has 1 atom stereocenters. The van der Waals surface area contributed by atoms with Crippen LogP contribution in [0.25, 0.3) is 0 Å². The standard InChI is InChI=1S/C18H21N3O2S/c1-4-9-24-18-20-17(23)15-13(12-7-5-11(2)6-8-12)10-14(22)19-16(15)21(18)3/h5-8,13H,4,9-10H2,1-3H3,(H,19,22). The summed E-state index contributed by atoms with van der Waals surface area (Å²) in [7, 11) is 1.85. The van der Waals surface area contributed by atoms with Crippen molar-refractivity contribution in [1.29, 1.82) is 0 Å². The number of rotatable bonds is 4. The van der Waals surface area contributed by atoms with E-state index in [1.807, 2.05) is 42.8 Å². The van der Waals surface area contributed by atoms with E-state index in [1.165, 1.54) is 11.8 Å². The van der Waals surface area contributed by atoms with Crippen LogP contribution in [0.2, 0.25) is 0 Å². The van der Waals surface area contributed by atoms with Gasteiger partial charge in [-0.3, -0.25) is 9.59 Å². The molecule has 24 heavy (non-hydrogen) atoms. The van der Waals surface area contributed by atoms with E-state index >= 15 is 0 Å². The number of hydrogen-bond acceptors (Lipinski definition) is 4. The van der Waals surface area contributed by atoms with Crippen molar-refractivity contribution in [2.45, 2.75) is 37.8 Å². The first-order valence-electron chi connectivity index (χ1n) is 8.11. The van der Waals surface area contributed by atoms with E-state index in [1.54, 1.807) is 0 Å². The van der Waals surface area contributed by atoms with Gasteiger partial charge >= 0.3 is 0 Å². The van der Waals surface area contributed by atoms with Crippen molar-refractivity contribution in [3.8, 4) is 0 Å². The van der Waals surface area contributed by atoms with Crippen LogP contribution in [-0.4, -0.2) is 21.2 Å². The van der Waals surface area contributed by atoms with Crippen LogP contribution >= 0.6 is 11.8 Å². The molecule has 5 nitrogen and oxygen atoms in total. The molecule has 0 spiro atoms. The van der Waals surface area contributed by atoms with Gasteiger partial charge in [-0.05, 0) is 18.9 Å². The number of fused-ring (bicyclic) bond motifs is 1. The zero-order valence-corrected chi connectivity index (χ0v) is 14.9. The summed E-state index contributed by atoms with van der Waals surface area (Å²) >= 11 is 1.53. The molecule has 0 saturated carbocycles. The van der Waals surface area contributed by atoms with Crippen LogP contribution in [0.3, 0.4) is 0 Å². The zero-order chi connectivity index (χ0) is 17.3. The Kier molecular flexibility index (Phi) is 4.76. The molecule has 1 aromatic carbocycles. The van der Waals surface area contributed by atoms with Crippen LogP contribution < -0.4 is 10.9 Å². The van der Waals surface area contributed by atoms with Gasteiger partial charge in [0.25, 0.3) is 5.56 Å². The summed E-state index contributed by atoms with van der Waals surface area (Å²) in [5, 5.41) is 3.51. The van der Waals surface area contributed by atoms with E-state index in [9.17, 15) is 9.59 Å². The first-order valence-corrected chi connectivity index (χ1v) is 9.10. The lowest BCUT2D eigenvalue weighted by atomic mass is 9.86. The van der Waals surface area contributed by atoms with Crippen molar-refractivity contribution in [2.75, 3.05) is 11.1 Å². The minimum Gasteiger partial charge on any atom is -0.312 e. The number of aromatic nitrogens is 2. The van der Waals surface area contributed by atoms with E-state index < -0.39 is 0 Å². The van der Waals surface area contributed by atoms with E-state index in [2.05, 4.69) is 17.2 Å². The Morgan fingerprint density at radius 3 is 2.67 bits per heavy atom. The van der Waals surface area contributed by atoms with Gasteiger partial charge in [0, 0.05) is 25.1 Å². The number of carbonyl (C=O) groups is 1. The predicted octanol–water partition coefficient (Wildman–Crippen LogP) is 3.06. The number of nitrogens with zero attached hydrogens (tertiary/aromatic N) is 2. The molecule has 3 rings (SSSR count). The molecule has 0 aliphatic carbocycles. The molecule has 0 bridgehead atoms. The minimum absolute atomic E-state index is 0.0688. The maximum absolute atomic E-state index is 12.7. The lowest BCUT2D eigenvalue weighted by Gasteiger charge is -2.27. The molecule has 1 N–H and O–H groups in total. The third kappa shape index (κ3) is 3.11. The molecule has 0 saturated heterocycles. The van der Waals surface area contributed by atoms with E-state index in [-0.39, 0.29) is 23.8 Å². The Morgan fingerprint density at radius 1 is 1.29 bits per heavy atom. The largest absolute Gasteiger partial charge is 0.312 e. The molecule has 1 aliphatic heterocycles. The maximum Gasteiger partial charge on any atom is 0.279 e. The second kappa shape index (κ2) is 6.81. The van der Waals surface area contributed by atoms with Crippen LogP contribution in [0.1, 0.15) is 42.4 Å². The van der Waals surface area contributed by atoms with Gasteiger partial charge in [0.15, 0.2) is 5.16 Å². The highest BCUT2D eigenvalue weighted by atomic mass is 32.2. The Bertz CT molecular complexity index is 827. The van der Waals surface area contributed by atoms with Gasteiger partial charge in [0.2, 0.25) is 5.91 Å². The average molecular weight is 343 g/mol. The fourth-order valence-electron chi connectivity index (χ4n) is 2.94. The fourth-order valence-corrected chi connectivity index (χ4v) is 3.76. The highest BCUT2D eigenvalue weighted by Gasteiger charge is 2.31. The van der Waals surface area contributed by atoms with Crippen LogP contribution in [0.4, 0.5) is 5.82 Å². The Labute approximate surface area is 145 Å². The molecule has 1 aliphatic rings. The van der Waals surface area contributed by atoms with Crippen LogP contribution in [0, 0.1) is 6.92 Å². The molecule has 1 aromatic heterocycles. The Balaban J connectivity index is 2.12. The zero-order valence-electron chi connectivity index (χ0n) is 14.1. The third-order valence-electron chi connectivity index (χ3n) is 4.22. The molecule has 1 unspecified atom stereocenters. The van der Waals surface area contributed by atoms with Crippen molar-refractivity contribution >= 4 is 23.5 Å². The number of amides is 1. The molecule has 2 heterocycles. The van der Waals surface area contributed by atoms with E-state index in [4.69, 9.17) is 0 Å². The van der Waals surface area contributed by atoms with Gasteiger partial charge in [-0.25, -0.2) is 0 Å². The maximum atomic E-state index is 12.7. The first kappa shape index (κ1) is 16.8. The quantitative estimate of drug-likeness (QED) is 0.684. The van der Waals surface area contributed by atoms with Gasteiger partial charge in [0.05, 0.1) is 5.56 Å². The summed E-state index contributed by atoms with van der Waals surface area (Å²) in [4.78, 5) is 29.1. The van der Waals surface area contributed by atoms with Gasteiger partial charge in [-0.1, -0.05) is 48.5 Å². The second-order valence-corrected chi connectivity index (χ2v) is 7.15. The lowest BCUT2D eigenvalue weighted by Crippen LogP contribution is -2.33. The molecule has 1 amide bonds. The van der Waals surface area contributed by atoms with Crippen LogP contribution in [0.15, 0.2) is 34.2 Å². The minimum atomic E-state index is -0.245. The van der Waals surface area contributed by atoms with Gasteiger partial charge in [-0.2, -0.15) is 4.98 Å². The first-order chi connectivity index (χ1) is 11.5. The summed E-state index contributed by atoms with van der Waals surface area (Å²) in [6.07, 6.45) is 1.27. The Hall–Kier alpha value is -2.08. The van der Waals surface area contributed by atoms with Gasteiger partial charge in [0.1, 0.15) is 5.82 Å². The number of aryl methyl sites for hydroxylation is 1. The molecule has 6 heteroatoms. The van der Waals surface area contributed by atoms with Crippen molar-refractivity contribution in [1.82, 2.24) is 9.55 Å². The molecular weight excluding hydrogens is 322 g/mol. The summed E-state index contributed by atoms with van der Waals surface area (Å²) in [6, 6.07) is 7.99. The number of carbonyl (C=O) groups excluding carboxylic acids is 1. The summed E-state index contributed by atoms with van der Waals surface area (Å²) in [5.41, 5.74) is 2.47. The van der Waals surface area contributed by atoms with E-state index in [0.29, 0.717) is 16.5 Å². The van der Waals surface area contributed by atoms with Crippen molar-refractivity contribution in [3.05, 3.63) is 51.3 Å². The fraction of sp³-hybridized carbons (Fsp3) is 0.389. The topological polar surface area (TPSA) is 64.0 Å². The molecule has 0 fully saturated rings. The van der Waals surface area contributed by atoms with Crippen LogP contribution in [0.5, 0.6) is 0 Å². The van der Waals surface area contributed by atoms with Crippen molar-refractivity contribution in [2.24, 2.45) is 7.05 Å². The molecule has 0 radical (unpaired) electrons. The molecular formula is C18H21N3O2S. The summed E-state index contributed by atoms with van der Waals surface area (Å²) in [6.45, 7) is 4.10. The highest BCUT2D eigenvalue weighted by molar-refractivity contribution is 7.99. The van der Waals surface area contributed by atoms with Crippen LogP contribution in [-0.2, 0) is 11.8 Å². The number of nitrogens with one attached hydrogen (secondary N) is 1. The lowest BCUT2D eigenvalue weighted by molar-refractivity contribution is -0.116. The monoisotopic (exact) mass is 343 g/mol.